The second-order valence-corrected chi connectivity index (χ2v) is 6.89. The van der Waals surface area contributed by atoms with Crippen LogP contribution in [-0.4, -0.2) is 22.6 Å². The number of imide groups is 1. The second kappa shape index (κ2) is 6.98. The molecule has 4 rings (SSSR count). The fourth-order valence-electron chi connectivity index (χ4n) is 3.06. The van der Waals surface area contributed by atoms with Crippen LogP contribution < -0.4 is 5.32 Å². The lowest BCUT2D eigenvalue weighted by Gasteiger charge is -2.11. The zero-order chi connectivity index (χ0) is 19.8. The summed E-state index contributed by atoms with van der Waals surface area (Å²) in [5, 5.41) is 3.29. The van der Waals surface area contributed by atoms with Crippen molar-refractivity contribution < 1.29 is 18.8 Å². The Labute approximate surface area is 165 Å². The van der Waals surface area contributed by atoms with Crippen molar-refractivity contribution in [2.24, 2.45) is 0 Å². The highest BCUT2D eigenvalue weighted by Gasteiger charge is 2.36. The highest BCUT2D eigenvalue weighted by Crippen LogP contribution is 2.27. The predicted molar refractivity (Wildman–Crippen MR) is 103 cm³/mol. The number of furan rings is 1. The summed E-state index contributed by atoms with van der Waals surface area (Å²) in [5.41, 5.74) is 2.19. The van der Waals surface area contributed by atoms with Gasteiger partial charge in [-0.25, -0.2) is 0 Å². The summed E-state index contributed by atoms with van der Waals surface area (Å²) < 4.78 is 5.22. The normalized spacial score (nSPS) is 13.0. The predicted octanol–water partition coefficient (Wildman–Crippen LogP) is 4.29. The van der Waals surface area contributed by atoms with E-state index in [-0.39, 0.29) is 23.2 Å². The molecule has 0 bridgehead atoms. The fraction of sp³-hybridized carbons (Fsp3) is 0.0952. The first-order chi connectivity index (χ1) is 13.4. The molecule has 140 valence electrons. The number of nitrogens with zero attached hydrogens (tertiary/aromatic N) is 1. The Balaban J connectivity index is 1.59. The molecule has 0 spiro atoms. The highest BCUT2D eigenvalue weighted by molar-refractivity contribution is 6.31. The van der Waals surface area contributed by atoms with Gasteiger partial charge < -0.3 is 9.73 Å². The zero-order valence-corrected chi connectivity index (χ0v) is 15.6. The van der Waals surface area contributed by atoms with Crippen molar-refractivity contribution in [1.29, 1.82) is 0 Å². The third kappa shape index (κ3) is 3.18. The van der Waals surface area contributed by atoms with Crippen LogP contribution in [0.25, 0.3) is 0 Å². The minimum absolute atomic E-state index is 0.0442. The third-order valence-electron chi connectivity index (χ3n) is 4.57. The third-order valence-corrected chi connectivity index (χ3v) is 4.81. The van der Waals surface area contributed by atoms with E-state index < -0.39 is 17.7 Å². The largest absolute Gasteiger partial charge is 0.467 e. The summed E-state index contributed by atoms with van der Waals surface area (Å²) in [7, 11) is 0. The number of aryl methyl sites for hydroxylation is 1. The first kappa shape index (κ1) is 18.0. The molecule has 3 amide bonds. The number of anilines is 1. The van der Waals surface area contributed by atoms with Crippen molar-refractivity contribution in [2.75, 3.05) is 5.32 Å². The van der Waals surface area contributed by atoms with Gasteiger partial charge in [0.1, 0.15) is 5.76 Å². The molecule has 2 aromatic carbocycles. The topological polar surface area (TPSA) is 79.6 Å². The monoisotopic (exact) mass is 394 g/mol. The number of carbonyl (C=O) groups is 3. The molecule has 1 aliphatic heterocycles. The van der Waals surface area contributed by atoms with Gasteiger partial charge in [0.15, 0.2) is 0 Å². The number of amides is 3. The lowest BCUT2D eigenvalue weighted by Crippen LogP contribution is -2.28. The maximum Gasteiger partial charge on any atom is 0.261 e. The Bertz CT molecular complexity index is 1110. The molecule has 1 aromatic heterocycles. The first-order valence-corrected chi connectivity index (χ1v) is 8.92. The fourth-order valence-corrected chi connectivity index (χ4v) is 3.23. The van der Waals surface area contributed by atoms with Crippen molar-refractivity contribution in [1.82, 2.24) is 4.90 Å². The molecular weight excluding hydrogens is 380 g/mol. The molecule has 0 saturated carbocycles. The SMILES string of the molecule is Cc1ccc(Cl)cc1NC(=O)c1ccc2c(c1)C(=O)N(Cc1ccco1)C2=O. The highest BCUT2D eigenvalue weighted by atomic mass is 35.5. The number of benzene rings is 2. The van der Waals surface area contributed by atoms with Crippen molar-refractivity contribution in [3.8, 4) is 0 Å². The Morgan fingerprint density at radius 1 is 1.07 bits per heavy atom. The van der Waals surface area contributed by atoms with Gasteiger partial charge >= 0.3 is 0 Å². The maximum absolute atomic E-state index is 12.7. The maximum atomic E-state index is 12.7. The molecule has 3 aromatic rings. The Kier molecular flexibility index (Phi) is 4.49. The van der Waals surface area contributed by atoms with Crippen LogP contribution in [0.15, 0.2) is 59.2 Å². The van der Waals surface area contributed by atoms with Gasteiger partial charge in [-0.15, -0.1) is 0 Å². The second-order valence-electron chi connectivity index (χ2n) is 6.45. The number of hydrogen-bond donors (Lipinski definition) is 1. The average molecular weight is 395 g/mol. The van der Waals surface area contributed by atoms with Crippen molar-refractivity contribution in [3.05, 3.63) is 87.8 Å². The van der Waals surface area contributed by atoms with Gasteiger partial charge in [-0.3, -0.25) is 19.3 Å². The molecule has 0 aliphatic carbocycles. The summed E-state index contributed by atoms with van der Waals surface area (Å²) in [6.45, 7) is 1.89. The number of halogens is 1. The molecule has 6 nitrogen and oxygen atoms in total. The quantitative estimate of drug-likeness (QED) is 0.669. The van der Waals surface area contributed by atoms with Crippen molar-refractivity contribution in [2.45, 2.75) is 13.5 Å². The van der Waals surface area contributed by atoms with Crippen LogP contribution in [0.4, 0.5) is 5.69 Å². The van der Waals surface area contributed by atoms with E-state index >= 15 is 0 Å². The van der Waals surface area contributed by atoms with E-state index in [4.69, 9.17) is 16.0 Å². The molecule has 1 N–H and O–H groups in total. The summed E-state index contributed by atoms with van der Waals surface area (Å²) in [6, 6.07) is 13.0. The molecular formula is C21H15ClN2O4. The molecule has 0 fully saturated rings. The van der Waals surface area contributed by atoms with Crippen LogP contribution in [0.3, 0.4) is 0 Å². The Morgan fingerprint density at radius 2 is 1.86 bits per heavy atom. The Hall–Kier alpha value is -3.38. The first-order valence-electron chi connectivity index (χ1n) is 8.54. The summed E-state index contributed by atoms with van der Waals surface area (Å²) in [6.07, 6.45) is 1.48. The van der Waals surface area contributed by atoms with Crippen molar-refractivity contribution in [3.63, 3.8) is 0 Å². The van der Waals surface area contributed by atoms with Crippen LogP contribution in [0.2, 0.25) is 5.02 Å². The van der Waals surface area contributed by atoms with Crippen LogP contribution in [-0.2, 0) is 6.54 Å². The van der Waals surface area contributed by atoms with E-state index in [0.717, 1.165) is 10.5 Å². The Morgan fingerprint density at radius 3 is 2.61 bits per heavy atom. The van der Waals surface area contributed by atoms with Gasteiger partial charge in [0.25, 0.3) is 17.7 Å². The van der Waals surface area contributed by atoms with E-state index in [9.17, 15) is 14.4 Å². The molecule has 2 heterocycles. The summed E-state index contributed by atoms with van der Waals surface area (Å²) in [5.74, 6) is -0.749. The number of hydrogen-bond acceptors (Lipinski definition) is 4. The molecule has 0 saturated heterocycles. The lowest BCUT2D eigenvalue weighted by molar-refractivity contribution is 0.0631. The average Bonchev–Trinajstić information content (AvgIpc) is 3.27. The lowest BCUT2D eigenvalue weighted by atomic mass is 10.0. The number of fused-ring (bicyclic) bond motifs is 1. The number of nitrogens with one attached hydrogen (secondary N) is 1. The minimum atomic E-state index is -0.454. The minimum Gasteiger partial charge on any atom is -0.467 e. The molecule has 0 unspecified atom stereocenters. The van der Waals surface area contributed by atoms with E-state index in [1.807, 2.05) is 6.92 Å². The van der Waals surface area contributed by atoms with E-state index in [1.54, 1.807) is 30.3 Å². The van der Waals surface area contributed by atoms with E-state index in [2.05, 4.69) is 5.32 Å². The molecule has 0 radical (unpaired) electrons. The van der Waals surface area contributed by atoms with E-state index in [1.165, 1.54) is 24.5 Å². The van der Waals surface area contributed by atoms with Gasteiger partial charge in [0.05, 0.1) is 23.9 Å². The van der Waals surface area contributed by atoms with Crippen LogP contribution in [0, 0.1) is 6.92 Å². The summed E-state index contributed by atoms with van der Waals surface area (Å²) in [4.78, 5) is 38.9. The molecule has 7 heteroatoms. The zero-order valence-electron chi connectivity index (χ0n) is 14.9. The van der Waals surface area contributed by atoms with Gasteiger partial charge in [-0.1, -0.05) is 17.7 Å². The van der Waals surface area contributed by atoms with E-state index in [0.29, 0.717) is 16.5 Å². The molecule has 1 aliphatic rings. The molecule has 0 atom stereocenters. The smallest absolute Gasteiger partial charge is 0.261 e. The van der Waals surface area contributed by atoms with Crippen LogP contribution in [0.1, 0.15) is 42.4 Å². The standard InChI is InChI=1S/C21H15ClN2O4/c1-12-4-6-14(22)10-18(12)23-19(25)13-5-7-16-17(9-13)21(27)24(20(16)26)11-15-3-2-8-28-15/h2-10H,11H2,1H3,(H,23,25). The van der Waals surface area contributed by atoms with Crippen molar-refractivity contribution >= 4 is 35.0 Å². The van der Waals surface area contributed by atoms with Crippen LogP contribution in [0.5, 0.6) is 0 Å². The number of rotatable bonds is 4. The van der Waals surface area contributed by atoms with Gasteiger partial charge in [0.2, 0.25) is 0 Å². The van der Waals surface area contributed by atoms with Gasteiger partial charge in [-0.05, 0) is 55.0 Å². The van der Waals surface area contributed by atoms with Crippen LogP contribution >= 0.6 is 11.6 Å². The number of carbonyl (C=O) groups excluding carboxylic acids is 3. The van der Waals surface area contributed by atoms with Gasteiger partial charge in [0, 0.05) is 16.3 Å². The molecule has 28 heavy (non-hydrogen) atoms. The summed E-state index contributed by atoms with van der Waals surface area (Å²) >= 11 is 5.99. The van der Waals surface area contributed by atoms with Gasteiger partial charge in [-0.2, -0.15) is 0 Å².